The van der Waals surface area contributed by atoms with Crippen LogP contribution in [0.25, 0.3) is 0 Å². The SMILES string of the molecule is CC(C([NH])=O)N(C)C. The first-order chi connectivity index (χ1) is 3.55. The lowest BCUT2D eigenvalue weighted by atomic mass is 10.3. The van der Waals surface area contributed by atoms with E-state index in [-0.39, 0.29) is 6.04 Å². The molecule has 1 N–H and O–H groups in total. The van der Waals surface area contributed by atoms with Gasteiger partial charge in [-0.25, -0.2) is 0 Å². The van der Waals surface area contributed by atoms with E-state index < -0.39 is 5.91 Å². The van der Waals surface area contributed by atoms with E-state index in [1.54, 1.807) is 25.9 Å². The van der Waals surface area contributed by atoms with Gasteiger partial charge in [-0.15, -0.1) is 0 Å². The smallest absolute Gasteiger partial charge is 0.255 e. The van der Waals surface area contributed by atoms with E-state index in [1.165, 1.54) is 0 Å². The molecule has 0 aromatic carbocycles. The highest BCUT2D eigenvalue weighted by atomic mass is 16.1. The van der Waals surface area contributed by atoms with Crippen molar-refractivity contribution in [3.05, 3.63) is 0 Å². The molecule has 3 heteroatoms. The molecule has 0 spiro atoms. The van der Waals surface area contributed by atoms with Crippen LogP contribution in [-0.2, 0) is 4.79 Å². The Morgan fingerprint density at radius 1 is 1.62 bits per heavy atom. The van der Waals surface area contributed by atoms with Gasteiger partial charge in [0.1, 0.15) is 0 Å². The first-order valence-corrected chi connectivity index (χ1v) is 2.47. The first kappa shape index (κ1) is 7.43. The molecule has 1 atom stereocenters. The van der Waals surface area contributed by atoms with Gasteiger partial charge >= 0.3 is 0 Å². The van der Waals surface area contributed by atoms with Crippen molar-refractivity contribution in [2.24, 2.45) is 0 Å². The van der Waals surface area contributed by atoms with Gasteiger partial charge in [0.15, 0.2) is 0 Å². The molecule has 0 heterocycles. The summed E-state index contributed by atoms with van der Waals surface area (Å²) in [5.74, 6) is -0.532. The first-order valence-electron chi connectivity index (χ1n) is 2.47. The number of hydrogen-bond acceptors (Lipinski definition) is 2. The highest BCUT2D eigenvalue weighted by Gasteiger charge is 2.09. The van der Waals surface area contributed by atoms with Crippen LogP contribution in [-0.4, -0.2) is 30.9 Å². The third-order valence-electron chi connectivity index (χ3n) is 1.15. The predicted molar refractivity (Wildman–Crippen MR) is 31.3 cm³/mol. The highest BCUT2D eigenvalue weighted by Crippen LogP contribution is 1.87. The molecule has 0 aliphatic carbocycles. The van der Waals surface area contributed by atoms with Gasteiger partial charge in [0.2, 0.25) is 0 Å². The minimum absolute atomic E-state index is 0.269. The summed E-state index contributed by atoms with van der Waals surface area (Å²) in [4.78, 5) is 11.9. The highest BCUT2D eigenvalue weighted by molar-refractivity contribution is 5.78. The van der Waals surface area contributed by atoms with Crippen molar-refractivity contribution in [3.63, 3.8) is 0 Å². The van der Waals surface area contributed by atoms with Gasteiger partial charge in [-0.3, -0.25) is 15.4 Å². The zero-order valence-electron chi connectivity index (χ0n) is 5.43. The van der Waals surface area contributed by atoms with Crippen molar-refractivity contribution in [1.29, 1.82) is 0 Å². The maximum atomic E-state index is 10.2. The van der Waals surface area contributed by atoms with Crippen molar-refractivity contribution < 1.29 is 4.79 Å². The van der Waals surface area contributed by atoms with Crippen molar-refractivity contribution in [2.45, 2.75) is 13.0 Å². The summed E-state index contributed by atoms with van der Waals surface area (Å²) in [6.07, 6.45) is 0. The second kappa shape index (κ2) is 2.67. The van der Waals surface area contributed by atoms with Crippen LogP contribution in [0.2, 0.25) is 0 Å². The minimum Gasteiger partial charge on any atom is -0.298 e. The number of amides is 1. The molecule has 0 fully saturated rings. The fourth-order valence-electron chi connectivity index (χ4n) is 0.235. The van der Waals surface area contributed by atoms with Crippen LogP contribution >= 0.6 is 0 Å². The second-order valence-electron chi connectivity index (χ2n) is 2.00. The average molecular weight is 115 g/mol. The molecule has 0 aromatic rings. The maximum Gasteiger partial charge on any atom is 0.255 e. The van der Waals surface area contributed by atoms with Crippen molar-refractivity contribution >= 4 is 5.91 Å². The van der Waals surface area contributed by atoms with Gasteiger partial charge in [0.05, 0.1) is 6.04 Å². The van der Waals surface area contributed by atoms with E-state index in [4.69, 9.17) is 5.73 Å². The Morgan fingerprint density at radius 3 is 2.00 bits per heavy atom. The molecule has 0 aliphatic rings. The van der Waals surface area contributed by atoms with Crippen LogP contribution in [0, 0.1) is 0 Å². The largest absolute Gasteiger partial charge is 0.298 e. The summed E-state index contributed by atoms with van der Waals surface area (Å²) in [7, 11) is 3.55. The molecule has 1 amide bonds. The van der Waals surface area contributed by atoms with Gasteiger partial charge in [0.25, 0.3) is 5.91 Å². The number of nitrogens with one attached hydrogen (secondary N) is 1. The summed E-state index contributed by atoms with van der Waals surface area (Å²) in [5.41, 5.74) is 6.63. The van der Waals surface area contributed by atoms with Crippen LogP contribution in [0.5, 0.6) is 0 Å². The Balaban J connectivity index is 3.64. The monoisotopic (exact) mass is 115 g/mol. The zero-order chi connectivity index (χ0) is 6.73. The molecule has 0 aromatic heterocycles. The Labute approximate surface area is 49.5 Å². The van der Waals surface area contributed by atoms with Crippen molar-refractivity contribution in [2.75, 3.05) is 14.1 Å². The molecular formula is C5H11N2O. The maximum absolute atomic E-state index is 10.2. The Morgan fingerprint density at radius 2 is 2.00 bits per heavy atom. The van der Waals surface area contributed by atoms with E-state index in [0.717, 1.165) is 0 Å². The van der Waals surface area contributed by atoms with Gasteiger partial charge in [0, 0.05) is 0 Å². The summed E-state index contributed by atoms with van der Waals surface area (Å²) >= 11 is 0. The molecule has 0 bridgehead atoms. The van der Waals surface area contributed by atoms with Gasteiger partial charge in [-0.2, -0.15) is 0 Å². The third-order valence-corrected chi connectivity index (χ3v) is 1.15. The topological polar surface area (TPSA) is 44.1 Å². The molecule has 3 nitrogen and oxygen atoms in total. The number of likely N-dealkylation sites (N-methyl/N-ethyl adjacent to an activating group) is 1. The number of carbonyl (C=O) groups is 1. The molecule has 47 valence electrons. The molecule has 1 radical (unpaired) electrons. The van der Waals surface area contributed by atoms with E-state index >= 15 is 0 Å². The Kier molecular flexibility index (Phi) is 2.48. The molecule has 0 aliphatic heterocycles. The lowest BCUT2D eigenvalue weighted by Gasteiger charge is -2.13. The quantitative estimate of drug-likeness (QED) is 0.498. The van der Waals surface area contributed by atoms with Gasteiger partial charge < -0.3 is 0 Å². The van der Waals surface area contributed by atoms with Crippen LogP contribution < -0.4 is 5.73 Å². The minimum atomic E-state index is -0.532. The number of carbonyl (C=O) groups excluding carboxylic acids is 1. The molecule has 0 saturated heterocycles. The summed E-state index contributed by atoms with van der Waals surface area (Å²) < 4.78 is 0. The van der Waals surface area contributed by atoms with Crippen molar-refractivity contribution in [1.82, 2.24) is 10.6 Å². The van der Waals surface area contributed by atoms with E-state index in [9.17, 15) is 4.79 Å². The summed E-state index contributed by atoms with van der Waals surface area (Å²) in [6, 6.07) is -0.269. The predicted octanol–water partition coefficient (Wildman–Crippen LogP) is -0.254. The van der Waals surface area contributed by atoms with E-state index in [2.05, 4.69) is 0 Å². The Bertz CT molecular complexity index is 90.4. The molecular weight excluding hydrogens is 104 g/mol. The Hall–Kier alpha value is -0.570. The fraction of sp³-hybridized carbons (Fsp3) is 0.800. The lowest BCUT2D eigenvalue weighted by molar-refractivity contribution is -0.122. The average Bonchev–Trinajstić information content (AvgIpc) is 1.64. The zero-order valence-corrected chi connectivity index (χ0v) is 5.43. The van der Waals surface area contributed by atoms with Crippen LogP contribution in [0.1, 0.15) is 6.92 Å². The fourth-order valence-corrected chi connectivity index (χ4v) is 0.235. The van der Waals surface area contributed by atoms with Gasteiger partial charge in [-0.1, -0.05) is 0 Å². The molecule has 1 unspecified atom stereocenters. The standard InChI is InChI=1S/C5H11N2O/c1-4(5(6)8)7(2)3/h4,6H,1-3H3. The van der Waals surface area contributed by atoms with Gasteiger partial charge in [-0.05, 0) is 21.0 Å². The number of rotatable bonds is 2. The molecule has 8 heavy (non-hydrogen) atoms. The number of nitrogens with zero attached hydrogens (tertiary/aromatic N) is 1. The second-order valence-corrected chi connectivity index (χ2v) is 2.00. The summed E-state index contributed by atoms with van der Waals surface area (Å²) in [5, 5.41) is 0. The van der Waals surface area contributed by atoms with E-state index in [1.807, 2.05) is 0 Å². The number of hydrogen-bond donors (Lipinski definition) is 0. The lowest BCUT2D eigenvalue weighted by Crippen LogP contribution is -2.33. The summed E-state index contributed by atoms with van der Waals surface area (Å²) in [6.45, 7) is 1.70. The van der Waals surface area contributed by atoms with Crippen molar-refractivity contribution in [3.8, 4) is 0 Å². The molecule has 0 saturated carbocycles. The van der Waals surface area contributed by atoms with Crippen LogP contribution in [0.4, 0.5) is 0 Å². The third kappa shape index (κ3) is 1.93. The molecule has 0 rings (SSSR count). The van der Waals surface area contributed by atoms with Crippen LogP contribution in [0.15, 0.2) is 0 Å². The van der Waals surface area contributed by atoms with Crippen LogP contribution in [0.3, 0.4) is 0 Å². The normalized spacial score (nSPS) is 14.0. The van der Waals surface area contributed by atoms with E-state index in [0.29, 0.717) is 0 Å².